The molecule has 1 aromatic carbocycles. The molecule has 0 amide bonds. The number of alkyl halides is 3. The largest absolute Gasteiger partial charge is 0.416 e. The smallest absolute Gasteiger partial charge is 0.366 e. The monoisotopic (exact) mass is 262 g/mol. The molecule has 1 fully saturated rings. The Kier molecular flexibility index (Phi) is 3.47. The van der Waals surface area contributed by atoms with Crippen LogP contribution in [0.1, 0.15) is 12.5 Å². The van der Waals surface area contributed by atoms with Gasteiger partial charge in [0.2, 0.25) is 0 Å². The van der Waals surface area contributed by atoms with Crippen LogP contribution in [0.25, 0.3) is 0 Å². The Hall–Kier alpha value is -1.30. The lowest BCUT2D eigenvalue weighted by Gasteiger charge is -2.36. The van der Waals surface area contributed by atoms with Crippen LogP contribution in [0.3, 0.4) is 0 Å². The lowest BCUT2D eigenvalue weighted by atomic mass is 10.1. The van der Waals surface area contributed by atoms with E-state index in [4.69, 9.17) is 0 Å². The first-order valence-corrected chi connectivity index (χ1v) is 5.73. The van der Waals surface area contributed by atoms with Gasteiger partial charge in [-0.25, -0.2) is 4.39 Å². The molecule has 0 radical (unpaired) electrons. The maximum absolute atomic E-state index is 13.3. The fourth-order valence-electron chi connectivity index (χ4n) is 2.13. The van der Waals surface area contributed by atoms with Crippen LogP contribution in [0.2, 0.25) is 0 Å². The molecule has 1 atom stereocenters. The molecule has 1 heterocycles. The number of hydrogen-bond donors (Lipinski definition) is 1. The number of halogens is 4. The van der Waals surface area contributed by atoms with Crippen molar-refractivity contribution in [3.05, 3.63) is 29.6 Å². The van der Waals surface area contributed by atoms with E-state index in [2.05, 4.69) is 5.32 Å². The van der Waals surface area contributed by atoms with Gasteiger partial charge in [-0.05, 0) is 25.1 Å². The predicted molar refractivity (Wildman–Crippen MR) is 61.1 cm³/mol. The molecule has 100 valence electrons. The number of piperazine rings is 1. The lowest BCUT2D eigenvalue weighted by Crippen LogP contribution is -2.50. The Morgan fingerprint density at radius 1 is 1.28 bits per heavy atom. The number of nitrogens with one attached hydrogen (secondary N) is 1. The zero-order valence-electron chi connectivity index (χ0n) is 9.89. The summed E-state index contributed by atoms with van der Waals surface area (Å²) in [6.45, 7) is 3.83. The highest BCUT2D eigenvalue weighted by molar-refractivity contribution is 5.51. The SMILES string of the molecule is C[C@@H]1CNCCN1c1cc(F)cc(C(F)(F)F)c1. The third kappa shape index (κ3) is 2.75. The molecular formula is C12H14F4N2. The van der Waals surface area contributed by atoms with Gasteiger partial charge in [0.25, 0.3) is 0 Å². The molecule has 1 saturated heterocycles. The van der Waals surface area contributed by atoms with Crippen molar-refractivity contribution < 1.29 is 17.6 Å². The second kappa shape index (κ2) is 4.76. The molecule has 2 nitrogen and oxygen atoms in total. The lowest BCUT2D eigenvalue weighted by molar-refractivity contribution is -0.137. The van der Waals surface area contributed by atoms with E-state index in [0.717, 1.165) is 12.1 Å². The summed E-state index contributed by atoms with van der Waals surface area (Å²) < 4.78 is 51.1. The van der Waals surface area contributed by atoms with Crippen LogP contribution in [0.5, 0.6) is 0 Å². The molecule has 0 bridgehead atoms. The maximum Gasteiger partial charge on any atom is 0.416 e. The van der Waals surface area contributed by atoms with Crippen molar-refractivity contribution in [3.8, 4) is 0 Å². The molecule has 0 aromatic heterocycles. The molecule has 1 aliphatic rings. The molecule has 0 unspecified atom stereocenters. The third-order valence-electron chi connectivity index (χ3n) is 3.04. The topological polar surface area (TPSA) is 15.3 Å². The fraction of sp³-hybridized carbons (Fsp3) is 0.500. The van der Waals surface area contributed by atoms with E-state index in [-0.39, 0.29) is 11.7 Å². The zero-order chi connectivity index (χ0) is 13.3. The van der Waals surface area contributed by atoms with Gasteiger partial charge in [0.1, 0.15) is 5.82 Å². The highest BCUT2D eigenvalue weighted by Crippen LogP contribution is 2.33. The third-order valence-corrected chi connectivity index (χ3v) is 3.04. The van der Waals surface area contributed by atoms with Crippen LogP contribution in [0.15, 0.2) is 18.2 Å². The van der Waals surface area contributed by atoms with Crippen LogP contribution >= 0.6 is 0 Å². The predicted octanol–water partition coefficient (Wildman–Crippen LogP) is 2.64. The molecule has 1 aliphatic heterocycles. The molecule has 0 aliphatic carbocycles. The van der Waals surface area contributed by atoms with Crippen LogP contribution in [-0.4, -0.2) is 25.7 Å². The second-order valence-corrected chi connectivity index (χ2v) is 4.44. The second-order valence-electron chi connectivity index (χ2n) is 4.44. The average Bonchev–Trinajstić information content (AvgIpc) is 2.27. The first-order chi connectivity index (χ1) is 8.38. The molecule has 6 heteroatoms. The minimum Gasteiger partial charge on any atom is -0.366 e. The summed E-state index contributed by atoms with van der Waals surface area (Å²) in [5.41, 5.74) is -0.653. The van der Waals surface area contributed by atoms with Gasteiger partial charge in [-0.1, -0.05) is 0 Å². The van der Waals surface area contributed by atoms with Crippen LogP contribution in [0, 0.1) is 5.82 Å². The molecule has 0 saturated carbocycles. The van der Waals surface area contributed by atoms with Crippen molar-refractivity contribution in [2.75, 3.05) is 24.5 Å². The van der Waals surface area contributed by atoms with E-state index in [1.54, 1.807) is 4.90 Å². The summed E-state index contributed by atoms with van der Waals surface area (Å²) in [6.07, 6.45) is -4.52. The van der Waals surface area contributed by atoms with Crippen molar-refractivity contribution in [3.63, 3.8) is 0 Å². The summed E-state index contributed by atoms with van der Waals surface area (Å²) in [7, 11) is 0. The van der Waals surface area contributed by atoms with Crippen molar-refractivity contribution in [1.29, 1.82) is 0 Å². The number of benzene rings is 1. The maximum atomic E-state index is 13.3. The van der Waals surface area contributed by atoms with Crippen LogP contribution in [-0.2, 0) is 6.18 Å². The van der Waals surface area contributed by atoms with Gasteiger partial charge in [-0.15, -0.1) is 0 Å². The minimum atomic E-state index is -4.52. The molecular weight excluding hydrogens is 248 g/mol. The van der Waals surface area contributed by atoms with Crippen LogP contribution in [0.4, 0.5) is 23.2 Å². The summed E-state index contributed by atoms with van der Waals surface area (Å²) in [4.78, 5) is 1.79. The van der Waals surface area contributed by atoms with E-state index < -0.39 is 17.6 Å². The average molecular weight is 262 g/mol. The first-order valence-electron chi connectivity index (χ1n) is 5.73. The van der Waals surface area contributed by atoms with Crippen molar-refractivity contribution in [1.82, 2.24) is 5.32 Å². The molecule has 2 rings (SSSR count). The Morgan fingerprint density at radius 3 is 2.61 bits per heavy atom. The van der Waals surface area contributed by atoms with E-state index in [1.807, 2.05) is 6.92 Å². The van der Waals surface area contributed by atoms with Gasteiger partial charge >= 0.3 is 6.18 Å². The van der Waals surface area contributed by atoms with E-state index in [0.29, 0.717) is 25.7 Å². The summed E-state index contributed by atoms with van der Waals surface area (Å²) in [5.74, 6) is -0.856. The summed E-state index contributed by atoms with van der Waals surface area (Å²) in [6, 6.07) is 2.72. The molecule has 0 spiro atoms. The normalized spacial score (nSPS) is 21.2. The van der Waals surface area contributed by atoms with Gasteiger partial charge in [0.05, 0.1) is 5.56 Å². The van der Waals surface area contributed by atoms with Gasteiger partial charge in [0.15, 0.2) is 0 Å². The molecule has 18 heavy (non-hydrogen) atoms. The summed E-state index contributed by atoms with van der Waals surface area (Å²) >= 11 is 0. The minimum absolute atomic E-state index is 0.0432. The van der Waals surface area contributed by atoms with Crippen molar-refractivity contribution in [2.45, 2.75) is 19.1 Å². The number of anilines is 1. The highest BCUT2D eigenvalue weighted by Gasteiger charge is 2.32. The van der Waals surface area contributed by atoms with Gasteiger partial charge in [0, 0.05) is 31.4 Å². The number of nitrogens with zero attached hydrogens (tertiary/aromatic N) is 1. The standard InChI is InChI=1S/C12H14F4N2/c1-8-7-17-2-3-18(8)11-5-9(12(14,15)16)4-10(13)6-11/h4-6,8,17H,2-3,7H2,1H3/t8-/m1/s1. The highest BCUT2D eigenvalue weighted by atomic mass is 19.4. The first kappa shape index (κ1) is 13.1. The molecule has 1 aromatic rings. The Bertz CT molecular complexity index is 431. The Morgan fingerprint density at radius 2 is 2.00 bits per heavy atom. The summed E-state index contributed by atoms with van der Waals surface area (Å²) in [5, 5.41) is 3.14. The van der Waals surface area contributed by atoms with Gasteiger partial charge < -0.3 is 10.2 Å². The zero-order valence-corrected chi connectivity index (χ0v) is 9.89. The fourth-order valence-corrected chi connectivity index (χ4v) is 2.13. The van der Waals surface area contributed by atoms with E-state index in [1.165, 1.54) is 0 Å². The van der Waals surface area contributed by atoms with E-state index >= 15 is 0 Å². The number of rotatable bonds is 1. The van der Waals surface area contributed by atoms with Gasteiger partial charge in [-0.3, -0.25) is 0 Å². The Labute approximate surface area is 103 Å². The Balaban J connectivity index is 2.35. The number of hydrogen-bond acceptors (Lipinski definition) is 2. The van der Waals surface area contributed by atoms with Crippen molar-refractivity contribution >= 4 is 5.69 Å². The van der Waals surface area contributed by atoms with E-state index in [9.17, 15) is 17.6 Å². The van der Waals surface area contributed by atoms with Gasteiger partial charge in [-0.2, -0.15) is 13.2 Å². The van der Waals surface area contributed by atoms with Crippen LogP contribution < -0.4 is 10.2 Å². The van der Waals surface area contributed by atoms with Crippen molar-refractivity contribution in [2.24, 2.45) is 0 Å². The molecule has 1 N–H and O–H groups in total. The quantitative estimate of drug-likeness (QED) is 0.783.